The van der Waals surface area contributed by atoms with Gasteiger partial charge in [0.05, 0.1) is 18.5 Å². The molecule has 2 aromatic rings. The van der Waals surface area contributed by atoms with Crippen molar-refractivity contribution in [1.82, 2.24) is 0 Å². The number of rotatable bonds is 5. The molecular formula is C15H13NO5. The summed E-state index contributed by atoms with van der Waals surface area (Å²) in [4.78, 5) is 21.8. The highest BCUT2D eigenvalue weighted by molar-refractivity contribution is 5.75. The average molecular weight is 287 g/mol. The molecule has 0 aromatic heterocycles. The Kier molecular flexibility index (Phi) is 4.50. The standard InChI is InChI=1S/C15H13NO5/c1-20-14-4-2-3-11(9-14)10-15(17)21-13-7-5-12(6-8-13)16(18)19/h2-9H,10H2,1H3. The molecule has 21 heavy (non-hydrogen) atoms. The summed E-state index contributed by atoms with van der Waals surface area (Å²) < 4.78 is 10.2. The van der Waals surface area contributed by atoms with E-state index in [4.69, 9.17) is 9.47 Å². The maximum Gasteiger partial charge on any atom is 0.315 e. The summed E-state index contributed by atoms with van der Waals surface area (Å²) in [6.07, 6.45) is 0.0915. The van der Waals surface area contributed by atoms with Crippen molar-refractivity contribution in [2.24, 2.45) is 0 Å². The molecule has 2 aromatic carbocycles. The number of nitro benzene ring substituents is 1. The van der Waals surface area contributed by atoms with Gasteiger partial charge in [0, 0.05) is 12.1 Å². The first-order valence-electron chi connectivity index (χ1n) is 6.16. The summed E-state index contributed by atoms with van der Waals surface area (Å²) in [5.41, 5.74) is 0.712. The van der Waals surface area contributed by atoms with Crippen LogP contribution in [-0.2, 0) is 11.2 Å². The molecule has 108 valence electrons. The van der Waals surface area contributed by atoms with Crippen molar-refractivity contribution in [2.75, 3.05) is 7.11 Å². The molecule has 0 aliphatic carbocycles. The van der Waals surface area contributed by atoms with E-state index in [1.165, 1.54) is 24.3 Å². The number of non-ortho nitro benzene ring substituents is 1. The fourth-order valence-electron chi connectivity index (χ4n) is 1.75. The zero-order valence-corrected chi connectivity index (χ0v) is 11.3. The predicted octanol–water partition coefficient (Wildman–Crippen LogP) is 2.75. The van der Waals surface area contributed by atoms with Crippen molar-refractivity contribution in [3.8, 4) is 11.5 Å². The van der Waals surface area contributed by atoms with Gasteiger partial charge in [0.2, 0.25) is 0 Å². The van der Waals surface area contributed by atoms with Crippen molar-refractivity contribution >= 4 is 11.7 Å². The number of carbonyl (C=O) groups is 1. The molecule has 6 nitrogen and oxygen atoms in total. The number of nitrogens with zero attached hydrogens (tertiary/aromatic N) is 1. The van der Waals surface area contributed by atoms with Gasteiger partial charge in [0.15, 0.2) is 0 Å². The molecule has 0 unspecified atom stereocenters. The van der Waals surface area contributed by atoms with Gasteiger partial charge in [-0.1, -0.05) is 12.1 Å². The topological polar surface area (TPSA) is 78.7 Å². The molecule has 6 heteroatoms. The Morgan fingerprint density at radius 3 is 2.48 bits per heavy atom. The minimum Gasteiger partial charge on any atom is -0.497 e. The highest BCUT2D eigenvalue weighted by Gasteiger charge is 2.09. The summed E-state index contributed by atoms with van der Waals surface area (Å²) in [7, 11) is 1.55. The van der Waals surface area contributed by atoms with E-state index in [0.29, 0.717) is 5.75 Å². The Morgan fingerprint density at radius 2 is 1.86 bits per heavy atom. The number of hydrogen-bond acceptors (Lipinski definition) is 5. The third-order valence-electron chi connectivity index (χ3n) is 2.76. The molecule has 0 fully saturated rings. The van der Waals surface area contributed by atoms with Crippen molar-refractivity contribution < 1.29 is 19.2 Å². The highest BCUT2D eigenvalue weighted by atomic mass is 16.6. The summed E-state index contributed by atoms with van der Waals surface area (Å²) >= 11 is 0. The van der Waals surface area contributed by atoms with Crippen LogP contribution in [0, 0.1) is 10.1 Å². The molecule has 0 aliphatic rings. The molecule has 0 spiro atoms. The number of nitro groups is 1. The van der Waals surface area contributed by atoms with Gasteiger partial charge in [-0.25, -0.2) is 0 Å². The molecule has 0 N–H and O–H groups in total. The molecule has 0 saturated heterocycles. The molecule has 0 atom stereocenters. The van der Waals surface area contributed by atoms with Gasteiger partial charge in [-0.2, -0.15) is 0 Å². The number of esters is 1. The normalized spacial score (nSPS) is 9.95. The zero-order valence-electron chi connectivity index (χ0n) is 11.3. The van der Waals surface area contributed by atoms with Gasteiger partial charge >= 0.3 is 5.97 Å². The van der Waals surface area contributed by atoms with Crippen LogP contribution < -0.4 is 9.47 Å². The lowest BCUT2D eigenvalue weighted by molar-refractivity contribution is -0.384. The Hall–Kier alpha value is -2.89. The lowest BCUT2D eigenvalue weighted by Gasteiger charge is -2.05. The zero-order chi connectivity index (χ0) is 15.2. The summed E-state index contributed by atoms with van der Waals surface area (Å²) in [6, 6.07) is 12.5. The van der Waals surface area contributed by atoms with E-state index < -0.39 is 10.9 Å². The number of hydrogen-bond donors (Lipinski definition) is 0. The minimum atomic E-state index is -0.512. The van der Waals surface area contributed by atoms with Crippen molar-refractivity contribution in [3.05, 3.63) is 64.2 Å². The number of ether oxygens (including phenoxy) is 2. The lowest BCUT2D eigenvalue weighted by Crippen LogP contribution is -2.11. The van der Waals surface area contributed by atoms with Crippen molar-refractivity contribution in [1.29, 1.82) is 0 Å². The van der Waals surface area contributed by atoms with Gasteiger partial charge in [0.1, 0.15) is 11.5 Å². The van der Waals surface area contributed by atoms with Gasteiger partial charge in [0.25, 0.3) is 5.69 Å². The van der Waals surface area contributed by atoms with E-state index in [-0.39, 0.29) is 17.9 Å². The molecule has 0 radical (unpaired) electrons. The highest BCUT2D eigenvalue weighted by Crippen LogP contribution is 2.18. The van der Waals surface area contributed by atoms with Gasteiger partial charge in [-0.05, 0) is 29.8 Å². The van der Waals surface area contributed by atoms with Crippen LogP contribution in [0.15, 0.2) is 48.5 Å². The van der Waals surface area contributed by atoms with Crippen LogP contribution in [-0.4, -0.2) is 18.0 Å². The average Bonchev–Trinajstić information content (AvgIpc) is 2.47. The van der Waals surface area contributed by atoms with E-state index in [2.05, 4.69) is 0 Å². The van der Waals surface area contributed by atoms with Crippen LogP contribution in [0.4, 0.5) is 5.69 Å². The van der Waals surface area contributed by atoms with Gasteiger partial charge in [-0.15, -0.1) is 0 Å². The summed E-state index contributed by atoms with van der Waals surface area (Å²) in [5.74, 6) is 0.487. The monoisotopic (exact) mass is 287 g/mol. The molecule has 0 aliphatic heterocycles. The summed E-state index contributed by atoms with van der Waals surface area (Å²) in [5, 5.41) is 10.5. The second-order valence-corrected chi connectivity index (χ2v) is 4.25. The Balaban J connectivity index is 1.99. The number of benzene rings is 2. The summed E-state index contributed by atoms with van der Waals surface area (Å²) in [6.45, 7) is 0. The third kappa shape index (κ3) is 4.04. The van der Waals surface area contributed by atoms with Crippen LogP contribution in [0.5, 0.6) is 11.5 Å². The second kappa shape index (κ2) is 6.51. The molecule has 2 rings (SSSR count). The van der Waals surface area contributed by atoms with Crippen LogP contribution in [0.3, 0.4) is 0 Å². The van der Waals surface area contributed by atoms with E-state index in [1.54, 1.807) is 31.4 Å². The van der Waals surface area contributed by atoms with Gasteiger partial charge in [-0.3, -0.25) is 14.9 Å². The largest absolute Gasteiger partial charge is 0.497 e. The Labute approximate surface area is 121 Å². The van der Waals surface area contributed by atoms with E-state index >= 15 is 0 Å². The maximum absolute atomic E-state index is 11.8. The first-order valence-corrected chi connectivity index (χ1v) is 6.16. The van der Waals surface area contributed by atoms with Gasteiger partial charge < -0.3 is 9.47 Å². The van der Waals surface area contributed by atoms with Crippen LogP contribution in [0.1, 0.15) is 5.56 Å². The molecule has 0 amide bonds. The van der Waals surface area contributed by atoms with Crippen LogP contribution >= 0.6 is 0 Å². The fraction of sp³-hybridized carbons (Fsp3) is 0.133. The lowest BCUT2D eigenvalue weighted by atomic mass is 10.1. The quantitative estimate of drug-likeness (QED) is 0.365. The van der Waals surface area contributed by atoms with Crippen LogP contribution in [0.25, 0.3) is 0 Å². The number of carbonyl (C=O) groups excluding carboxylic acids is 1. The van der Waals surface area contributed by atoms with Crippen molar-refractivity contribution in [3.63, 3.8) is 0 Å². The first-order chi connectivity index (χ1) is 10.1. The van der Waals surface area contributed by atoms with E-state index in [1.807, 2.05) is 0 Å². The molecule has 0 saturated carbocycles. The maximum atomic E-state index is 11.8. The predicted molar refractivity (Wildman–Crippen MR) is 75.4 cm³/mol. The molecular weight excluding hydrogens is 274 g/mol. The minimum absolute atomic E-state index is 0.0532. The smallest absolute Gasteiger partial charge is 0.315 e. The van der Waals surface area contributed by atoms with E-state index in [0.717, 1.165) is 5.56 Å². The van der Waals surface area contributed by atoms with E-state index in [9.17, 15) is 14.9 Å². The SMILES string of the molecule is COc1cccc(CC(=O)Oc2ccc([N+](=O)[O-])cc2)c1. The Morgan fingerprint density at radius 1 is 1.14 bits per heavy atom. The molecule has 0 heterocycles. The first kappa shape index (κ1) is 14.5. The van der Waals surface area contributed by atoms with Crippen molar-refractivity contribution in [2.45, 2.75) is 6.42 Å². The molecule has 0 bridgehead atoms. The Bertz CT molecular complexity index is 651. The number of methoxy groups -OCH3 is 1. The van der Waals surface area contributed by atoms with Crippen LogP contribution in [0.2, 0.25) is 0 Å². The fourth-order valence-corrected chi connectivity index (χ4v) is 1.75. The second-order valence-electron chi connectivity index (χ2n) is 4.25. The third-order valence-corrected chi connectivity index (χ3v) is 2.76.